The largest absolute Gasteiger partial charge is 0.395 e. The van der Waals surface area contributed by atoms with Gasteiger partial charge < -0.3 is 15.7 Å². The van der Waals surface area contributed by atoms with Gasteiger partial charge in [0.25, 0.3) is 0 Å². The molecule has 0 saturated carbocycles. The molecule has 0 aliphatic carbocycles. The predicted octanol–water partition coefficient (Wildman–Crippen LogP) is 4.74. The molecule has 2 aromatic carbocycles. The van der Waals surface area contributed by atoms with Crippen LogP contribution in [0, 0.1) is 11.3 Å². The van der Waals surface area contributed by atoms with Gasteiger partial charge in [0.1, 0.15) is 6.07 Å². The first-order chi connectivity index (χ1) is 13.9. The smallest absolute Gasteiger partial charge is 0.227 e. The van der Waals surface area contributed by atoms with Crippen molar-refractivity contribution in [2.45, 2.75) is 12.3 Å². The molecule has 0 amide bonds. The van der Waals surface area contributed by atoms with Crippen molar-refractivity contribution in [2.24, 2.45) is 0 Å². The minimum atomic E-state index is -0.459. The number of nitriles is 1. The number of halogens is 2. The van der Waals surface area contributed by atoms with Gasteiger partial charge in [-0.05, 0) is 42.0 Å². The number of aromatic nitrogens is 2. The van der Waals surface area contributed by atoms with Crippen LogP contribution in [0.1, 0.15) is 18.1 Å². The topological polar surface area (TPSA) is 93.9 Å². The molecule has 146 valence electrons. The number of benzene rings is 2. The second kappa shape index (κ2) is 7.53. The third-order valence-electron chi connectivity index (χ3n) is 5.04. The van der Waals surface area contributed by atoms with E-state index < -0.39 is 5.41 Å². The molecular formula is C21H17Cl2N5O. The molecule has 8 heteroatoms. The molecule has 2 heterocycles. The third kappa shape index (κ3) is 3.60. The Morgan fingerprint density at radius 1 is 1.28 bits per heavy atom. The summed E-state index contributed by atoms with van der Waals surface area (Å²) in [6.45, 7) is 2.51. The van der Waals surface area contributed by atoms with Crippen LogP contribution in [0.2, 0.25) is 10.0 Å². The zero-order valence-electron chi connectivity index (χ0n) is 15.5. The molecule has 1 aromatic heterocycles. The summed E-state index contributed by atoms with van der Waals surface area (Å²) in [7, 11) is 0. The van der Waals surface area contributed by atoms with Crippen LogP contribution >= 0.6 is 23.2 Å². The highest BCUT2D eigenvalue weighted by molar-refractivity contribution is 6.35. The van der Waals surface area contributed by atoms with E-state index >= 15 is 0 Å². The highest BCUT2D eigenvalue weighted by Crippen LogP contribution is 2.41. The Balaban J connectivity index is 1.75. The van der Waals surface area contributed by atoms with Gasteiger partial charge >= 0.3 is 0 Å². The Kier molecular flexibility index (Phi) is 5.05. The molecule has 4 rings (SSSR count). The molecule has 1 atom stereocenters. The molecule has 6 nitrogen and oxygen atoms in total. The highest BCUT2D eigenvalue weighted by atomic mass is 35.5. The van der Waals surface area contributed by atoms with Crippen LogP contribution in [-0.4, -0.2) is 28.2 Å². The Morgan fingerprint density at radius 2 is 2.10 bits per heavy atom. The Bertz CT molecular complexity index is 1140. The summed E-state index contributed by atoms with van der Waals surface area (Å²) < 4.78 is 0. The molecular weight excluding hydrogens is 409 g/mol. The van der Waals surface area contributed by atoms with E-state index in [1.807, 2.05) is 13.0 Å². The van der Waals surface area contributed by atoms with Crippen LogP contribution in [0.4, 0.5) is 17.3 Å². The standard InChI is InChI=1S/C21H17Cl2N5O/c1-21(11-29)10-26-19-13(9-24)6-12(7-15(19)21)17-4-5-25-20(27-17)28-18-8-14(22)2-3-16(18)23/h2-8,26,29H,10-11H2,1H3,(H,25,27,28). The number of hydrogen-bond acceptors (Lipinski definition) is 6. The number of rotatable bonds is 4. The summed E-state index contributed by atoms with van der Waals surface area (Å²) in [5.74, 6) is 0.355. The van der Waals surface area contributed by atoms with Crippen LogP contribution in [0.25, 0.3) is 11.3 Å². The lowest BCUT2D eigenvalue weighted by Gasteiger charge is -2.21. The molecule has 0 radical (unpaired) electrons. The fourth-order valence-corrected chi connectivity index (χ4v) is 3.69. The van der Waals surface area contributed by atoms with Gasteiger partial charge in [-0.25, -0.2) is 9.97 Å². The normalized spacial score (nSPS) is 17.3. The van der Waals surface area contributed by atoms with Crippen LogP contribution in [0.15, 0.2) is 42.6 Å². The first-order valence-corrected chi connectivity index (χ1v) is 9.68. The van der Waals surface area contributed by atoms with Gasteiger partial charge in [-0.3, -0.25) is 0 Å². The lowest BCUT2D eigenvalue weighted by atomic mass is 9.83. The van der Waals surface area contributed by atoms with Crippen LogP contribution in [0.3, 0.4) is 0 Å². The molecule has 1 aliphatic heterocycles. The van der Waals surface area contributed by atoms with Crippen molar-refractivity contribution >= 4 is 40.5 Å². The van der Waals surface area contributed by atoms with E-state index in [2.05, 4.69) is 26.7 Å². The fraction of sp³-hybridized carbons (Fsp3) is 0.190. The maximum Gasteiger partial charge on any atom is 0.227 e. The van der Waals surface area contributed by atoms with Gasteiger partial charge in [-0.15, -0.1) is 0 Å². The first-order valence-electron chi connectivity index (χ1n) is 8.92. The van der Waals surface area contributed by atoms with Gasteiger partial charge in [-0.1, -0.05) is 30.1 Å². The summed E-state index contributed by atoms with van der Waals surface area (Å²) in [5, 5.41) is 26.8. The van der Waals surface area contributed by atoms with E-state index in [-0.39, 0.29) is 6.61 Å². The van der Waals surface area contributed by atoms with Crippen molar-refractivity contribution in [3.63, 3.8) is 0 Å². The van der Waals surface area contributed by atoms with Crippen molar-refractivity contribution in [3.05, 3.63) is 63.8 Å². The monoisotopic (exact) mass is 425 g/mol. The second-order valence-electron chi connectivity index (χ2n) is 7.15. The van der Waals surface area contributed by atoms with Crippen molar-refractivity contribution in [3.8, 4) is 17.3 Å². The zero-order valence-corrected chi connectivity index (χ0v) is 17.0. The van der Waals surface area contributed by atoms with Crippen LogP contribution in [-0.2, 0) is 5.41 Å². The number of hydrogen-bond donors (Lipinski definition) is 3. The molecule has 0 spiro atoms. The number of aliphatic hydroxyl groups excluding tert-OH is 1. The summed E-state index contributed by atoms with van der Waals surface area (Å²) in [4.78, 5) is 8.82. The van der Waals surface area contributed by atoms with Gasteiger partial charge in [0.15, 0.2) is 0 Å². The lowest BCUT2D eigenvalue weighted by molar-refractivity contribution is 0.219. The summed E-state index contributed by atoms with van der Waals surface area (Å²) in [6.07, 6.45) is 1.63. The minimum Gasteiger partial charge on any atom is -0.395 e. The Hall–Kier alpha value is -2.85. The van der Waals surface area contributed by atoms with Gasteiger partial charge in [0.2, 0.25) is 5.95 Å². The van der Waals surface area contributed by atoms with E-state index in [1.165, 1.54) is 0 Å². The maximum atomic E-state index is 9.87. The summed E-state index contributed by atoms with van der Waals surface area (Å²) in [5.41, 5.74) is 3.74. The van der Waals surface area contributed by atoms with Crippen molar-refractivity contribution in [1.29, 1.82) is 5.26 Å². The van der Waals surface area contributed by atoms with E-state index in [0.29, 0.717) is 39.5 Å². The number of nitrogens with one attached hydrogen (secondary N) is 2. The van der Waals surface area contributed by atoms with Crippen molar-refractivity contribution in [1.82, 2.24) is 9.97 Å². The van der Waals surface area contributed by atoms with Gasteiger partial charge in [0.05, 0.1) is 34.3 Å². The SMILES string of the molecule is CC1(CO)CNc2c(C#N)cc(-c3ccnc(Nc4cc(Cl)ccc4Cl)n3)cc21. The van der Waals surface area contributed by atoms with E-state index in [9.17, 15) is 10.4 Å². The second-order valence-corrected chi connectivity index (χ2v) is 7.99. The van der Waals surface area contributed by atoms with Crippen LogP contribution in [0.5, 0.6) is 0 Å². The minimum absolute atomic E-state index is 0.0227. The highest BCUT2D eigenvalue weighted by Gasteiger charge is 2.35. The molecule has 3 aromatic rings. The molecule has 3 N–H and O–H groups in total. The average Bonchev–Trinajstić information content (AvgIpc) is 3.08. The van der Waals surface area contributed by atoms with E-state index in [0.717, 1.165) is 16.8 Å². The predicted molar refractivity (Wildman–Crippen MR) is 115 cm³/mol. The van der Waals surface area contributed by atoms with Crippen molar-refractivity contribution < 1.29 is 5.11 Å². The quantitative estimate of drug-likeness (QED) is 0.558. The Labute approximate surface area is 178 Å². The maximum absolute atomic E-state index is 9.87. The molecule has 0 bridgehead atoms. The number of fused-ring (bicyclic) bond motifs is 1. The first kappa shape index (κ1) is 19.5. The van der Waals surface area contributed by atoms with E-state index in [4.69, 9.17) is 23.2 Å². The number of anilines is 3. The van der Waals surface area contributed by atoms with E-state index in [1.54, 1.807) is 36.5 Å². The van der Waals surface area contributed by atoms with Crippen LogP contribution < -0.4 is 10.6 Å². The van der Waals surface area contributed by atoms with Gasteiger partial charge in [-0.2, -0.15) is 5.26 Å². The summed E-state index contributed by atoms with van der Waals surface area (Å²) >= 11 is 12.3. The third-order valence-corrected chi connectivity index (χ3v) is 5.60. The molecule has 1 unspecified atom stereocenters. The van der Waals surface area contributed by atoms with Crippen molar-refractivity contribution in [2.75, 3.05) is 23.8 Å². The lowest BCUT2D eigenvalue weighted by Crippen LogP contribution is -2.28. The number of aliphatic hydroxyl groups is 1. The molecule has 1 aliphatic rings. The average molecular weight is 426 g/mol. The molecule has 0 fully saturated rings. The molecule has 0 saturated heterocycles. The zero-order chi connectivity index (χ0) is 20.6. The van der Waals surface area contributed by atoms with Gasteiger partial charge in [0, 0.05) is 28.7 Å². The molecule has 29 heavy (non-hydrogen) atoms. The fourth-order valence-electron chi connectivity index (χ4n) is 3.36. The number of nitrogens with zero attached hydrogens (tertiary/aromatic N) is 3. The summed E-state index contributed by atoms with van der Waals surface area (Å²) in [6, 6.07) is 12.8. The Morgan fingerprint density at radius 3 is 2.86 bits per heavy atom.